The van der Waals surface area contributed by atoms with Gasteiger partial charge >= 0.3 is 0 Å². The molecule has 2 N–H and O–H groups in total. The van der Waals surface area contributed by atoms with Gasteiger partial charge in [0.1, 0.15) is 17.4 Å². The number of nitrogens with one attached hydrogen (secondary N) is 2. The normalized spacial score (nSPS) is 19.0. The zero-order chi connectivity index (χ0) is 24.9. The molecule has 188 valence electrons. The minimum atomic E-state index is -0.574. The number of furan rings is 1. The summed E-state index contributed by atoms with van der Waals surface area (Å²) in [6.07, 6.45) is 7.83. The molecule has 1 atom stereocenters. The molecule has 0 saturated carbocycles. The van der Waals surface area contributed by atoms with Gasteiger partial charge in [0.15, 0.2) is 0 Å². The van der Waals surface area contributed by atoms with Gasteiger partial charge in [0.25, 0.3) is 0 Å². The lowest BCUT2D eigenvalue weighted by Gasteiger charge is -2.25. The highest BCUT2D eigenvalue weighted by Gasteiger charge is 2.30. The number of fused-ring (bicyclic) bond motifs is 1. The van der Waals surface area contributed by atoms with E-state index in [1.54, 1.807) is 17.3 Å². The summed E-state index contributed by atoms with van der Waals surface area (Å²) in [5.74, 6) is 1.24. The van der Waals surface area contributed by atoms with Crippen molar-refractivity contribution in [2.24, 2.45) is 4.99 Å². The quantitative estimate of drug-likeness (QED) is 0.415. The van der Waals surface area contributed by atoms with Crippen molar-refractivity contribution in [1.29, 1.82) is 0 Å². The van der Waals surface area contributed by atoms with Crippen LogP contribution in [-0.4, -0.2) is 64.8 Å². The summed E-state index contributed by atoms with van der Waals surface area (Å²) in [5, 5.41) is 7.63. The van der Waals surface area contributed by atoms with Crippen molar-refractivity contribution in [2.45, 2.75) is 45.1 Å². The lowest BCUT2D eigenvalue weighted by atomic mass is 10.1. The van der Waals surface area contributed by atoms with Gasteiger partial charge in [-0.1, -0.05) is 0 Å². The van der Waals surface area contributed by atoms with E-state index in [4.69, 9.17) is 9.41 Å². The van der Waals surface area contributed by atoms with E-state index in [-0.39, 0.29) is 18.4 Å². The second-order valence-electron chi connectivity index (χ2n) is 9.43. The molecule has 2 fully saturated rings. The molecule has 1 aromatic carbocycles. The molecule has 9 heteroatoms. The molecule has 5 rings (SSSR count). The number of benzene rings is 1. The van der Waals surface area contributed by atoms with E-state index < -0.39 is 6.04 Å². The van der Waals surface area contributed by atoms with Crippen LogP contribution in [0.3, 0.4) is 0 Å². The number of pyridine rings is 1. The standard InChI is InChI=1S/C27H32N6O3/c1-19-16-20-17-22(7-8-24(20)36-19)30-27(29-21-9-11-28-12-10-21)31-23-6-2-3-15-33(26(23)35)18-25(34)32-13-4-5-14-32/h7-12,16-17,23H,2-6,13-15,18H2,1H3,(H2,28,29,30,31)/t23-/m0/s1. The van der Waals surface area contributed by atoms with Crippen LogP contribution < -0.4 is 10.6 Å². The van der Waals surface area contributed by atoms with E-state index in [2.05, 4.69) is 15.6 Å². The van der Waals surface area contributed by atoms with Gasteiger partial charge < -0.3 is 24.9 Å². The third-order valence-electron chi connectivity index (χ3n) is 6.67. The highest BCUT2D eigenvalue weighted by molar-refractivity contribution is 6.05. The lowest BCUT2D eigenvalue weighted by Crippen LogP contribution is -2.45. The van der Waals surface area contributed by atoms with Gasteiger partial charge in [0.05, 0.1) is 6.54 Å². The molecule has 0 radical (unpaired) electrons. The van der Waals surface area contributed by atoms with E-state index in [0.29, 0.717) is 18.9 Å². The number of carbonyl (C=O) groups is 2. The Morgan fingerprint density at radius 1 is 1.03 bits per heavy atom. The molecule has 3 aromatic rings. The van der Waals surface area contributed by atoms with E-state index >= 15 is 0 Å². The molecule has 36 heavy (non-hydrogen) atoms. The zero-order valence-electron chi connectivity index (χ0n) is 20.6. The number of carbonyl (C=O) groups excluding carboxylic acids is 2. The van der Waals surface area contributed by atoms with Gasteiger partial charge in [0.2, 0.25) is 17.8 Å². The van der Waals surface area contributed by atoms with E-state index in [9.17, 15) is 9.59 Å². The molecule has 2 aliphatic rings. The van der Waals surface area contributed by atoms with Crippen LogP contribution in [0.4, 0.5) is 11.4 Å². The Labute approximate surface area is 210 Å². The number of amides is 2. The number of aryl methyl sites for hydroxylation is 1. The highest BCUT2D eigenvalue weighted by atomic mass is 16.3. The molecule has 0 bridgehead atoms. The summed E-state index contributed by atoms with van der Waals surface area (Å²) in [5.41, 5.74) is 2.44. The molecule has 0 unspecified atom stereocenters. The van der Waals surface area contributed by atoms with Crippen LogP contribution in [0, 0.1) is 6.92 Å². The average Bonchev–Trinajstić information content (AvgIpc) is 3.50. The number of rotatable bonds is 5. The summed E-state index contributed by atoms with van der Waals surface area (Å²) in [6, 6.07) is 10.9. The first-order chi connectivity index (χ1) is 17.5. The number of aliphatic imine (C=N–C) groups is 1. The van der Waals surface area contributed by atoms with Crippen molar-refractivity contribution < 1.29 is 14.0 Å². The largest absolute Gasteiger partial charge is 0.461 e. The summed E-state index contributed by atoms with van der Waals surface area (Å²) in [6.45, 7) is 4.20. The van der Waals surface area contributed by atoms with Crippen LogP contribution in [-0.2, 0) is 9.59 Å². The van der Waals surface area contributed by atoms with Crippen molar-refractivity contribution in [2.75, 3.05) is 36.8 Å². The zero-order valence-corrected chi connectivity index (χ0v) is 20.6. The fourth-order valence-corrected chi connectivity index (χ4v) is 4.81. The summed E-state index contributed by atoms with van der Waals surface area (Å²) in [7, 11) is 0. The number of hydrogen-bond acceptors (Lipinski definition) is 5. The van der Waals surface area contributed by atoms with Crippen LogP contribution in [0.15, 0.2) is 58.2 Å². The first kappa shape index (κ1) is 23.8. The molecule has 2 amide bonds. The second kappa shape index (κ2) is 10.8. The Balaban J connectivity index is 1.38. The second-order valence-corrected chi connectivity index (χ2v) is 9.43. The molecule has 2 saturated heterocycles. The molecule has 0 spiro atoms. The van der Waals surface area contributed by atoms with Crippen LogP contribution in [0.2, 0.25) is 0 Å². The van der Waals surface area contributed by atoms with Crippen molar-refractivity contribution in [3.05, 3.63) is 54.6 Å². The summed E-state index contributed by atoms with van der Waals surface area (Å²) in [4.78, 5) is 38.7. The Kier molecular flexibility index (Phi) is 7.16. The van der Waals surface area contributed by atoms with Crippen LogP contribution >= 0.6 is 0 Å². The summed E-state index contributed by atoms with van der Waals surface area (Å²) < 4.78 is 5.69. The van der Waals surface area contributed by atoms with Gasteiger partial charge in [-0.25, -0.2) is 4.99 Å². The van der Waals surface area contributed by atoms with Gasteiger partial charge in [-0.15, -0.1) is 0 Å². The van der Waals surface area contributed by atoms with Crippen molar-refractivity contribution >= 4 is 40.1 Å². The topological polar surface area (TPSA) is 103 Å². The number of likely N-dealkylation sites (tertiary alicyclic amines) is 2. The Morgan fingerprint density at radius 2 is 1.78 bits per heavy atom. The SMILES string of the molecule is Cc1cc2cc(NC(=N[C@H]3CCCCN(CC(=O)N4CCCC4)C3=O)Nc3ccncc3)ccc2o1. The number of anilines is 2. The van der Waals surface area contributed by atoms with Gasteiger partial charge in [-0.3, -0.25) is 14.6 Å². The molecular formula is C27H32N6O3. The maximum atomic E-state index is 13.5. The van der Waals surface area contributed by atoms with Crippen LogP contribution in [0.5, 0.6) is 0 Å². The van der Waals surface area contributed by atoms with Crippen molar-refractivity contribution in [3.8, 4) is 0 Å². The smallest absolute Gasteiger partial charge is 0.247 e. The van der Waals surface area contributed by atoms with E-state index in [1.165, 1.54) is 0 Å². The fourth-order valence-electron chi connectivity index (χ4n) is 4.81. The molecule has 4 heterocycles. The first-order valence-corrected chi connectivity index (χ1v) is 12.6. The van der Waals surface area contributed by atoms with Crippen LogP contribution in [0.1, 0.15) is 37.9 Å². The maximum absolute atomic E-state index is 13.5. The van der Waals surface area contributed by atoms with Crippen molar-refractivity contribution in [1.82, 2.24) is 14.8 Å². The number of nitrogens with zero attached hydrogens (tertiary/aromatic N) is 4. The van der Waals surface area contributed by atoms with Crippen LogP contribution in [0.25, 0.3) is 11.0 Å². The molecule has 2 aliphatic heterocycles. The minimum absolute atomic E-state index is 0.0300. The molecular weight excluding hydrogens is 456 g/mol. The molecule has 0 aliphatic carbocycles. The van der Waals surface area contributed by atoms with Gasteiger partial charge in [-0.2, -0.15) is 0 Å². The number of aromatic nitrogens is 1. The third kappa shape index (κ3) is 5.67. The van der Waals surface area contributed by atoms with E-state index in [1.807, 2.05) is 48.2 Å². The maximum Gasteiger partial charge on any atom is 0.247 e. The molecule has 9 nitrogen and oxygen atoms in total. The fraction of sp³-hybridized carbons (Fsp3) is 0.407. The number of hydrogen-bond donors (Lipinski definition) is 2. The monoisotopic (exact) mass is 488 g/mol. The average molecular weight is 489 g/mol. The predicted molar refractivity (Wildman–Crippen MR) is 140 cm³/mol. The third-order valence-corrected chi connectivity index (χ3v) is 6.67. The minimum Gasteiger partial charge on any atom is -0.461 e. The predicted octanol–water partition coefficient (Wildman–Crippen LogP) is 4.02. The Bertz CT molecular complexity index is 1250. The first-order valence-electron chi connectivity index (χ1n) is 12.6. The number of guanidine groups is 1. The molecule has 2 aromatic heterocycles. The lowest BCUT2D eigenvalue weighted by molar-refractivity contribution is -0.140. The van der Waals surface area contributed by atoms with Crippen molar-refractivity contribution in [3.63, 3.8) is 0 Å². The Morgan fingerprint density at radius 3 is 2.58 bits per heavy atom. The summed E-state index contributed by atoms with van der Waals surface area (Å²) >= 11 is 0. The van der Waals surface area contributed by atoms with Gasteiger partial charge in [-0.05, 0) is 75.4 Å². The van der Waals surface area contributed by atoms with Gasteiger partial charge in [0, 0.05) is 48.8 Å². The highest BCUT2D eigenvalue weighted by Crippen LogP contribution is 2.23. The van der Waals surface area contributed by atoms with E-state index in [0.717, 1.165) is 66.9 Å². The Hall–Kier alpha value is -3.88.